The summed E-state index contributed by atoms with van der Waals surface area (Å²) < 4.78 is 26.3. The maximum atomic E-state index is 14.7. The van der Waals surface area contributed by atoms with Crippen molar-refractivity contribution in [3.8, 4) is 11.5 Å². The second-order valence-electron chi connectivity index (χ2n) is 11.1. The van der Waals surface area contributed by atoms with Gasteiger partial charge in [-0.2, -0.15) is 0 Å². The Morgan fingerprint density at radius 1 is 0.918 bits per heavy atom. The molecule has 1 fully saturated rings. The number of nitrogens with zero attached hydrogens (tertiary/aromatic N) is 3. The van der Waals surface area contributed by atoms with Crippen molar-refractivity contribution in [3.05, 3.63) is 149 Å². The molecule has 0 unspecified atom stereocenters. The van der Waals surface area contributed by atoms with Crippen LogP contribution in [-0.4, -0.2) is 34.1 Å². The number of hydrogen-bond acceptors (Lipinski definition) is 9. The summed E-state index contributed by atoms with van der Waals surface area (Å²) in [6.07, 6.45) is 0. The molecule has 1 aliphatic rings. The molecule has 2 heterocycles. The summed E-state index contributed by atoms with van der Waals surface area (Å²) in [6.45, 7) is 0.353. The number of aliphatic hydroxyl groups excluding tert-OH is 1. The molecule has 49 heavy (non-hydrogen) atoms. The third kappa shape index (κ3) is 6.50. The average molecular weight is 690 g/mol. The summed E-state index contributed by atoms with van der Waals surface area (Å²) in [7, 11) is 1.33. The first-order valence-corrected chi connectivity index (χ1v) is 17.1. The normalized spacial score (nSPS) is 15.6. The van der Waals surface area contributed by atoms with Gasteiger partial charge in [-0.15, -0.1) is 10.2 Å². The molecule has 1 aromatic heterocycles. The van der Waals surface area contributed by atoms with E-state index >= 15 is 0 Å². The molecule has 244 valence electrons. The molecule has 0 bridgehead atoms. The van der Waals surface area contributed by atoms with Crippen LogP contribution in [0.1, 0.15) is 28.3 Å². The number of carbonyl (C=O) groups is 2. The number of aromatic nitrogens is 2. The Kier molecular flexibility index (Phi) is 9.10. The Morgan fingerprint density at radius 3 is 2.45 bits per heavy atom. The fraction of sp³-hybridized carbons (Fsp3) is 0.105. The van der Waals surface area contributed by atoms with Gasteiger partial charge in [0, 0.05) is 11.3 Å². The molecule has 1 atom stereocenters. The van der Waals surface area contributed by atoms with Gasteiger partial charge in [0.1, 0.15) is 18.1 Å². The minimum Gasteiger partial charge on any atom is -0.507 e. The first-order valence-electron chi connectivity index (χ1n) is 15.3. The van der Waals surface area contributed by atoms with Crippen molar-refractivity contribution in [2.24, 2.45) is 0 Å². The molecule has 0 saturated carbocycles. The van der Waals surface area contributed by atoms with Crippen molar-refractivity contribution in [1.82, 2.24) is 10.2 Å². The lowest BCUT2D eigenvalue weighted by Gasteiger charge is -2.22. The van der Waals surface area contributed by atoms with Crippen LogP contribution in [0.5, 0.6) is 11.5 Å². The Hall–Kier alpha value is -5.52. The van der Waals surface area contributed by atoms with Crippen LogP contribution in [0.15, 0.2) is 125 Å². The van der Waals surface area contributed by atoms with E-state index in [-0.39, 0.29) is 22.0 Å². The molecule has 0 aliphatic carbocycles. The summed E-state index contributed by atoms with van der Waals surface area (Å²) in [5.41, 5.74) is 2.46. The zero-order valence-electron chi connectivity index (χ0n) is 26.1. The van der Waals surface area contributed by atoms with Crippen molar-refractivity contribution in [2.45, 2.75) is 22.7 Å². The monoisotopic (exact) mass is 689 g/mol. The molecule has 6 aromatic rings. The van der Waals surface area contributed by atoms with Gasteiger partial charge in [-0.1, -0.05) is 108 Å². The van der Waals surface area contributed by atoms with Crippen LogP contribution in [0.4, 0.5) is 9.52 Å². The van der Waals surface area contributed by atoms with E-state index in [0.717, 1.165) is 28.0 Å². The lowest BCUT2D eigenvalue weighted by Crippen LogP contribution is -2.29. The van der Waals surface area contributed by atoms with Crippen LogP contribution in [0.2, 0.25) is 0 Å². The highest BCUT2D eigenvalue weighted by Gasteiger charge is 2.48. The van der Waals surface area contributed by atoms with Crippen LogP contribution < -0.4 is 14.4 Å². The van der Waals surface area contributed by atoms with E-state index in [1.807, 2.05) is 48.5 Å². The Bertz CT molecular complexity index is 2200. The number of anilines is 1. The molecule has 1 amide bonds. The Labute approximate surface area is 289 Å². The lowest BCUT2D eigenvalue weighted by molar-refractivity contribution is -0.132. The minimum atomic E-state index is -1.07. The van der Waals surface area contributed by atoms with Crippen molar-refractivity contribution in [1.29, 1.82) is 0 Å². The number of rotatable bonds is 10. The minimum absolute atomic E-state index is 0.0210. The molecular formula is C38H28FN3O5S2. The molecule has 8 nitrogen and oxygen atoms in total. The third-order valence-electron chi connectivity index (χ3n) is 8.15. The predicted octanol–water partition coefficient (Wildman–Crippen LogP) is 8.34. The van der Waals surface area contributed by atoms with E-state index in [1.54, 1.807) is 24.3 Å². The quantitative estimate of drug-likeness (QED) is 0.0504. The van der Waals surface area contributed by atoms with E-state index in [0.29, 0.717) is 28.0 Å². The van der Waals surface area contributed by atoms with Crippen molar-refractivity contribution in [3.63, 3.8) is 0 Å². The van der Waals surface area contributed by atoms with Crippen LogP contribution in [0.25, 0.3) is 16.5 Å². The van der Waals surface area contributed by atoms with E-state index in [9.17, 15) is 19.1 Å². The van der Waals surface area contributed by atoms with Gasteiger partial charge in [-0.25, -0.2) is 4.39 Å². The number of methoxy groups -OCH3 is 1. The number of ether oxygens (including phenoxy) is 2. The highest BCUT2D eigenvalue weighted by molar-refractivity contribution is 8.00. The molecule has 1 saturated heterocycles. The van der Waals surface area contributed by atoms with Crippen LogP contribution in [0.3, 0.4) is 0 Å². The van der Waals surface area contributed by atoms with Gasteiger partial charge in [0.2, 0.25) is 5.13 Å². The molecule has 1 N–H and O–H groups in total. The average Bonchev–Trinajstić information content (AvgIpc) is 3.71. The van der Waals surface area contributed by atoms with Gasteiger partial charge < -0.3 is 14.6 Å². The number of amides is 1. The molecule has 5 aromatic carbocycles. The SMILES string of the molecule is COc1ccc(C(O)=C2C(=O)C(=O)N(c3nnc(SCc4cccc5ccccc45)s3)[C@H]2c2ccc(OCc3ccccc3)cc2)cc1F. The molecular weight excluding hydrogens is 662 g/mol. The first kappa shape index (κ1) is 32.0. The highest BCUT2D eigenvalue weighted by Crippen LogP contribution is 2.44. The number of thioether (sulfide) groups is 1. The summed E-state index contributed by atoms with van der Waals surface area (Å²) in [5.74, 6) is -1.89. The molecule has 0 spiro atoms. The number of benzene rings is 5. The maximum Gasteiger partial charge on any atom is 0.301 e. The van der Waals surface area contributed by atoms with Gasteiger partial charge in [-0.3, -0.25) is 14.5 Å². The van der Waals surface area contributed by atoms with Crippen molar-refractivity contribution in [2.75, 3.05) is 12.0 Å². The number of Topliss-reactive ketones (excluding diaryl/α,β-unsaturated/α-hetero) is 1. The van der Waals surface area contributed by atoms with Crippen LogP contribution in [-0.2, 0) is 21.9 Å². The van der Waals surface area contributed by atoms with Gasteiger partial charge in [0.25, 0.3) is 5.78 Å². The zero-order chi connectivity index (χ0) is 33.9. The fourth-order valence-corrected chi connectivity index (χ4v) is 7.59. The second-order valence-corrected chi connectivity index (χ2v) is 13.3. The Balaban J connectivity index is 1.22. The van der Waals surface area contributed by atoms with E-state index in [2.05, 4.69) is 34.5 Å². The van der Waals surface area contributed by atoms with Gasteiger partial charge in [-0.05, 0) is 57.8 Å². The Morgan fingerprint density at radius 2 is 1.67 bits per heavy atom. The first-order chi connectivity index (χ1) is 23.9. The second kappa shape index (κ2) is 13.9. The van der Waals surface area contributed by atoms with Gasteiger partial charge in [0.15, 0.2) is 15.9 Å². The van der Waals surface area contributed by atoms with Gasteiger partial charge >= 0.3 is 5.91 Å². The maximum absolute atomic E-state index is 14.7. The summed E-state index contributed by atoms with van der Waals surface area (Å²) >= 11 is 2.65. The van der Waals surface area contributed by atoms with Crippen molar-refractivity contribution < 1.29 is 28.6 Å². The topological polar surface area (TPSA) is 102 Å². The summed E-state index contributed by atoms with van der Waals surface area (Å²) in [5, 5.41) is 22.6. The smallest absolute Gasteiger partial charge is 0.301 e. The van der Waals surface area contributed by atoms with E-state index < -0.39 is 29.3 Å². The molecule has 7 rings (SSSR count). The zero-order valence-corrected chi connectivity index (χ0v) is 27.7. The fourth-order valence-electron chi connectivity index (χ4n) is 5.72. The number of carbonyl (C=O) groups excluding carboxylic acids is 2. The summed E-state index contributed by atoms with van der Waals surface area (Å²) in [4.78, 5) is 28.6. The lowest BCUT2D eigenvalue weighted by atomic mass is 9.95. The number of halogens is 1. The van der Waals surface area contributed by atoms with Crippen LogP contribution in [0, 0.1) is 5.82 Å². The number of ketones is 1. The predicted molar refractivity (Wildman–Crippen MR) is 188 cm³/mol. The largest absolute Gasteiger partial charge is 0.507 e. The van der Waals surface area contributed by atoms with Crippen LogP contribution >= 0.6 is 23.1 Å². The summed E-state index contributed by atoms with van der Waals surface area (Å²) in [6, 6.07) is 33.6. The van der Waals surface area contributed by atoms with Gasteiger partial charge in [0.05, 0.1) is 18.7 Å². The number of aliphatic hydroxyl groups is 1. The van der Waals surface area contributed by atoms with E-state index in [4.69, 9.17) is 9.47 Å². The molecule has 0 radical (unpaired) electrons. The number of fused-ring (bicyclic) bond motifs is 1. The molecule has 1 aliphatic heterocycles. The highest BCUT2D eigenvalue weighted by atomic mass is 32.2. The van der Waals surface area contributed by atoms with Crippen molar-refractivity contribution >= 4 is 56.5 Å². The van der Waals surface area contributed by atoms with E-state index in [1.165, 1.54) is 47.2 Å². The number of hydrogen-bond donors (Lipinski definition) is 1. The molecule has 11 heteroatoms. The standard InChI is InChI=1S/C38H28FN3O5S2/c1-46-31-19-16-26(20-30(31)39)34(43)32-33(25-14-17-28(18-15-25)47-21-23-8-3-2-4-9-23)42(36(45)35(32)44)37-40-41-38(49-37)48-22-27-12-7-11-24-10-5-6-13-29(24)27/h2-20,33,43H,21-22H2,1H3/t33-/m0/s1. The third-order valence-corrected chi connectivity index (χ3v) is 10.3.